The largest absolute Gasteiger partial charge is 0.756 e. The summed E-state index contributed by atoms with van der Waals surface area (Å²) >= 11 is 0. The van der Waals surface area contributed by atoms with Crippen LogP contribution in [0.3, 0.4) is 0 Å². The molecule has 0 aromatic rings. The lowest BCUT2D eigenvalue weighted by molar-refractivity contribution is -0.870. The molecule has 0 radical (unpaired) electrons. The molecule has 0 heterocycles. The summed E-state index contributed by atoms with van der Waals surface area (Å²) in [5.41, 5.74) is 0. The van der Waals surface area contributed by atoms with E-state index in [1.54, 1.807) is 0 Å². The van der Waals surface area contributed by atoms with Gasteiger partial charge in [0.05, 0.1) is 27.7 Å². The molecule has 0 spiro atoms. The van der Waals surface area contributed by atoms with Crippen molar-refractivity contribution in [2.75, 3.05) is 47.5 Å². The highest BCUT2D eigenvalue weighted by Crippen LogP contribution is 2.38. The van der Waals surface area contributed by atoms with Crippen molar-refractivity contribution in [2.24, 2.45) is 0 Å². The van der Waals surface area contributed by atoms with E-state index in [1.807, 2.05) is 21.1 Å². The van der Waals surface area contributed by atoms with Gasteiger partial charge in [0.15, 0.2) is 6.10 Å². The molecular weight excluding hydrogens is 1210 g/mol. The first-order valence-electron chi connectivity index (χ1n) is 38.1. The number of carbonyl (C=O) groups is 2. The van der Waals surface area contributed by atoms with E-state index in [1.165, 1.54) is 96.3 Å². The summed E-state index contributed by atoms with van der Waals surface area (Å²) in [6.07, 6.45) is 115. The fourth-order valence-electron chi connectivity index (χ4n) is 9.87. The molecule has 0 saturated carbocycles. The van der Waals surface area contributed by atoms with Crippen LogP contribution in [-0.4, -0.2) is 70.0 Å². The maximum atomic E-state index is 12.9. The molecule has 2 atom stereocenters. The highest BCUT2D eigenvalue weighted by atomic mass is 31.2. The highest BCUT2D eigenvalue weighted by molar-refractivity contribution is 7.45. The fraction of sp³-hybridized carbons (Fsp3) is 0.605. The summed E-state index contributed by atoms with van der Waals surface area (Å²) in [7, 11) is 1.13. The maximum absolute atomic E-state index is 12.9. The smallest absolute Gasteiger partial charge is 0.306 e. The molecule has 0 saturated heterocycles. The Labute approximate surface area is 590 Å². The number of hydrogen-bond donors (Lipinski definition) is 0. The molecule has 0 aromatic heterocycles. The van der Waals surface area contributed by atoms with E-state index in [4.69, 9.17) is 18.5 Å². The van der Waals surface area contributed by atoms with Crippen molar-refractivity contribution in [3.63, 3.8) is 0 Å². The molecule has 542 valence electrons. The quantitative estimate of drug-likeness (QED) is 0.0195. The molecule has 0 aliphatic carbocycles. The predicted molar refractivity (Wildman–Crippen MR) is 415 cm³/mol. The zero-order chi connectivity index (χ0) is 69.7. The number of nitrogens with zero attached hydrogens (tertiary/aromatic N) is 1. The van der Waals surface area contributed by atoms with Crippen molar-refractivity contribution in [2.45, 2.75) is 290 Å². The van der Waals surface area contributed by atoms with Crippen LogP contribution < -0.4 is 4.89 Å². The summed E-state index contributed by atoms with van der Waals surface area (Å²) in [6, 6.07) is 0. The molecule has 0 aliphatic rings. The number of phosphoric acid groups is 1. The van der Waals surface area contributed by atoms with Gasteiger partial charge in [0.2, 0.25) is 0 Å². The van der Waals surface area contributed by atoms with Gasteiger partial charge in [-0.25, -0.2) is 0 Å². The number of hydrogen-bond acceptors (Lipinski definition) is 8. The van der Waals surface area contributed by atoms with Gasteiger partial charge in [0.25, 0.3) is 7.82 Å². The molecule has 0 aliphatic heterocycles. The van der Waals surface area contributed by atoms with Gasteiger partial charge in [-0.3, -0.25) is 14.2 Å². The van der Waals surface area contributed by atoms with E-state index >= 15 is 0 Å². The molecule has 2 unspecified atom stereocenters. The van der Waals surface area contributed by atoms with Crippen molar-refractivity contribution in [1.82, 2.24) is 0 Å². The highest BCUT2D eigenvalue weighted by Gasteiger charge is 2.22. The molecule has 10 heteroatoms. The number of rotatable bonds is 68. The Morgan fingerprint density at radius 3 is 0.833 bits per heavy atom. The van der Waals surface area contributed by atoms with Crippen LogP contribution in [0.1, 0.15) is 284 Å². The number of allylic oxidation sites excluding steroid dienone is 32. The van der Waals surface area contributed by atoms with E-state index in [2.05, 4.69) is 208 Å². The SMILES string of the molecule is CC/C=C\C/C=C\C/C=C\C/C=C\C/C=C\C/C=C\C/C=C\C/C=C\C/C=C\C/C=C\C/C=C\CCCCCCCC(=O)OC(COC(=O)CCCCCCCCCCCCCCCCCCC/C=C\C/C=C\C/C=C\C/C=C\C/C=C\CC)COP(=O)([O-])OCC[N+](C)(C)C. The van der Waals surface area contributed by atoms with Crippen LogP contribution in [0.4, 0.5) is 0 Å². The number of esters is 2. The number of carbonyl (C=O) groups excluding carboxylic acids is 2. The summed E-state index contributed by atoms with van der Waals surface area (Å²) in [5.74, 6) is -0.862. The Kier molecular flexibility index (Phi) is 70.1. The molecule has 0 fully saturated rings. The molecule has 96 heavy (non-hydrogen) atoms. The second-order valence-electron chi connectivity index (χ2n) is 25.9. The van der Waals surface area contributed by atoms with Gasteiger partial charge in [-0.05, 0) is 141 Å². The van der Waals surface area contributed by atoms with Crippen LogP contribution >= 0.6 is 7.82 Å². The molecule has 0 bridgehead atoms. The van der Waals surface area contributed by atoms with Gasteiger partial charge in [-0.15, -0.1) is 0 Å². The van der Waals surface area contributed by atoms with Crippen LogP contribution in [-0.2, 0) is 32.7 Å². The van der Waals surface area contributed by atoms with Crippen LogP contribution in [0.25, 0.3) is 0 Å². The average molecular weight is 1350 g/mol. The van der Waals surface area contributed by atoms with Gasteiger partial charge >= 0.3 is 11.9 Å². The van der Waals surface area contributed by atoms with Crippen LogP contribution in [0.2, 0.25) is 0 Å². The van der Waals surface area contributed by atoms with E-state index in [0.29, 0.717) is 17.4 Å². The number of likely N-dealkylation sites (N-methyl/N-ethyl adjacent to an activating group) is 1. The zero-order valence-corrected chi connectivity index (χ0v) is 62.6. The van der Waals surface area contributed by atoms with Crippen LogP contribution in [0.15, 0.2) is 194 Å². The van der Waals surface area contributed by atoms with Crippen molar-refractivity contribution in [1.29, 1.82) is 0 Å². The van der Waals surface area contributed by atoms with E-state index in [0.717, 1.165) is 154 Å². The maximum Gasteiger partial charge on any atom is 0.306 e. The van der Waals surface area contributed by atoms with Gasteiger partial charge in [-0.1, -0.05) is 324 Å². The summed E-state index contributed by atoms with van der Waals surface area (Å²) < 4.78 is 34.3. The third-order valence-corrected chi connectivity index (χ3v) is 16.6. The lowest BCUT2D eigenvalue weighted by Gasteiger charge is -2.28. The van der Waals surface area contributed by atoms with Crippen LogP contribution in [0, 0.1) is 0 Å². The lowest BCUT2D eigenvalue weighted by Crippen LogP contribution is -2.37. The van der Waals surface area contributed by atoms with Gasteiger partial charge in [-0.2, -0.15) is 0 Å². The molecule has 0 N–H and O–H groups in total. The summed E-state index contributed by atoms with van der Waals surface area (Å²) in [6.45, 7) is 3.98. The van der Waals surface area contributed by atoms with Crippen molar-refractivity contribution < 1.29 is 42.1 Å². The third kappa shape index (κ3) is 77.9. The van der Waals surface area contributed by atoms with Gasteiger partial charge in [0, 0.05) is 12.8 Å². The van der Waals surface area contributed by atoms with Crippen molar-refractivity contribution in [3.05, 3.63) is 194 Å². The second kappa shape index (κ2) is 74.1. The van der Waals surface area contributed by atoms with E-state index < -0.39 is 32.5 Å². The number of quaternary nitrogens is 1. The first-order chi connectivity index (χ1) is 47.0. The van der Waals surface area contributed by atoms with Gasteiger partial charge < -0.3 is 27.9 Å². The molecule has 0 amide bonds. The molecule has 0 rings (SSSR count). The monoisotopic (exact) mass is 1350 g/mol. The van der Waals surface area contributed by atoms with Crippen molar-refractivity contribution >= 4 is 19.8 Å². The zero-order valence-electron chi connectivity index (χ0n) is 61.7. The van der Waals surface area contributed by atoms with Crippen molar-refractivity contribution in [3.8, 4) is 0 Å². The van der Waals surface area contributed by atoms with E-state index in [-0.39, 0.29) is 26.1 Å². The summed E-state index contributed by atoms with van der Waals surface area (Å²) in [4.78, 5) is 38.1. The number of ether oxygens (including phenoxy) is 2. The number of phosphoric ester groups is 1. The minimum Gasteiger partial charge on any atom is -0.756 e. The Bertz CT molecular complexity index is 2330. The molecule has 0 aromatic carbocycles. The minimum absolute atomic E-state index is 0.0439. The average Bonchev–Trinajstić information content (AvgIpc) is 1.98. The molecular formula is C86H140NO8P. The van der Waals surface area contributed by atoms with Crippen LogP contribution in [0.5, 0.6) is 0 Å². The number of unbranched alkanes of at least 4 members (excludes halogenated alkanes) is 22. The normalized spacial score (nSPS) is 14.2. The predicted octanol–water partition coefficient (Wildman–Crippen LogP) is 25.0. The third-order valence-electron chi connectivity index (χ3n) is 15.6. The Balaban J connectivity index is 4.12. The first kappa shape index (κ1) is 90.8. The van der Waals surface area contributed by atoms with E-state index in [9.17, 15) is 19.0 Å². The first-order valence-corrected chi connectivity index (χ1v) is 39.6. The molecule has 9 nitrogen and oxygen atoms in total. The second-order valence-corrected chi connectivity index (χ2v) is 27.3. The lowest BCUT2D eigenvalue weighted by atomic mass is 10.0. The van der Waals surface area contributed by atoms with Gasteiger partial charge in [0.1, 0.15) is 19.8 Å². The Morgan fingerprint density at radius 1 is 0.323 bits per heavy atom. The standard InChI is InChI=1S/C86H140NO8P/c1-6-8-10-12-14-16-18-20-22-24-26-28-30-32-34-36-38-40-41-42-43-44-45-47-49-51-53-55-57-59-61-63-65-67-69-71-73-75-77-79-86(89)95-84(83-94-96(90,91)93-81-80-87(3,4)5)82-92-85(88)78-76-74-72-70-68-66-64-62-60-58-56-54-52-50-48-46-39-37-35-33-31-29-27-25-23-21-19-17-15-13-11-9-7-2/h8-11,14-17,20-23,26-29,32-35,38,40,42-43,45,47,51,53,57,59,63,65,84H,6-7,12-13,18-19,24-25,30-31,36-37,39,41,44,46,48-50,52,54-56,58,60-62,64,66-83H2,1-5H3/b10-8-,11-9-,16-14-,17-15-,22-20-,23-21-,28-26-,29-27-,34-32-,35-33-,40-38-,43-42-,47-45-,53-51-,59-57-,65-63-. The topological polar surface area (TPSA) is 111 Å². The Hall–Kier alpha value is -5.15. The minimum atomic E-state index is -4.66. The summed E-state index contributed by atoms with van der Waals surface area (Å²) in [5, 5.41) is 0. The fourth-order valence-corrected chi connectivity index (χ4v) is 10.6. The Morgan fingerprint density at radius 2 is 0.562 bits per heavy atom.